The van der Waals surface area contributed by atoms with Crippen molar-refractivity contribution in [3.05, 3.63) is 24.3 Å². The number of sulfonamides is 1. The topological polar surface area (TPSA) is 46.2 Å². The van der Waals surface area contributed by atoms with Crippen LogP contribution in [0.1, 0.15) is 0 Å². The van der Waals surface area contributed by atoms with E-state index in [0.717, 1.165) is 4.46 Å². The van der Waals surface area contributed by atoms with E-state index in [1.165, 1.54) is 7.05 Å². The Morgan fingerprint density at radius 1 is 1.38 bits per heavy atom. The van der Waals surface area contributed by atoms with Gasteiger partial charge in [-0.1, -0.05) is 0 Å². The van der Waals surface area contributed by atoms with Gasteiger partial charge in [-0.25, -0.2) is 0 Å². The summed E-state index contributed by atoms with van der Waals surface area (Å²) in [6.07, 6.45) is 0. The SMILES string of the molecule is CNS(=O)(=O)c1ccccc1[Se]Br. The first-order valence-corrected chi connectivity index (χ1v) is 9.78. The van der Waals surface area contributed by atoms with Gasteiger partial charge in [0, 0.05) is 0 Å². The van der Waals surface area contributed by atoms with E-state index in [9.17, 15) is 8.42 Å². The van der Waals surface area contributed by atoms with E-state index in [1.807, 2.05) is 6.07 Å². The summed E-state index contributed by atoms with van der Waals surface area (Å²) in [4.78, 5) is 0.356. The minimum absolute atomic E-state index is 0.00745. The molecule has 1 N–H and O–H groups in total. The summed E-state index contributed by atoms with van der Waals surface area (Å²) in [5.41, 5.74) is 0. The summed E-state index contributed by atoms with van der Waals surface area (Å²) in [6.45, 7) is 0. The van der Waals surface area contributed by atoms with E-state index in [2.05, 4.69) is 18.8 Å². The molecule has 0 aliphatic rings. The van der Waals surface area contributed by atoms with Crippen LogP contribution in [-0.2, 0) is 10.0 Å². The van der Waals surface area contributed by atoms with Crippen LogP contribution < -0.4 is 9.18 Å². The first-order valence-electron chi connectivity index (χ1n) is 3.43. The first-order chi connectivity index (χ1) is 6.11. The van der Waals surface area contributed by atoms with Gasteiger partial charge in [0.2, 0.25) is 0 Å². The van der Waals surface area contributed by atoms with Crippen LogP contribution in [0.25, 0.3) is 0 Å². The Labute approximate surface area is 90.8 Å². The molecule has 72 valence electrons. The molecule has 0 bridgehead atoms. The molecule has 0 saturated carbocycles. The second-order valence-corrected chi connectivity index (χ2v) is 7.02. The number of hydrogen-bond acceptors (Lipinski definition) is 2. The molecule has 6 heteroatoms. The van der Waals surface area contributed by atoms with Crippen molar-refractivity contribution in [3.63, 3.8) is 0 Å². The fourth-order valence-electron chi connectivity index (χ4n) is 0.846. The number of nitrogens with one attached hydrogen (secondary N) is 1. The molecule has 1 aromatic carbocycles. The van der Waals surface area contributed by atoms with Crippen LogP contribution in [-0.4, -0.2) is 28.6 Å². The molecule has 0 fully saturated rings. The fourth-order valence-corrected chi connectivity index (χ4v) is 5.16. The van der Waals surface area contributed by atoms with E-state index in [-0.39, 0.29) is 13.1 Å². The average Bonchev–Trinajstić information content (AvgIpc) is 2.18. The predicted octanol–water partition coefficient (Wildman–Crippen LogP) is 0.234. The van der Waals surface area contributed by atoms with Crippen molar-refractivity contribution in [1.29, 1.82) is 0 Å². The molecule has 1 aromatic rings. The van der Waals surface area contributed by atoms with Crippen LogP contribution in [0.4, 0.5) is 0 Å². The molecule has 0 saturated heterocycles. The van der Waals surface area contributed by atoms with E-state index in [0.29, 0.717) is 4.90 Å². The van der Waals surface area contributed by atoms with Crippen LogP contribution in [0, 0.1) is 0 Å². The molecule has 1 rings (SSSR count). The maximum atomic E-state index is 11.5. The van der Waals surface area contributed by atoms with Gasteiger partial charge in [0.25, 0.3) is 0 Å². The van der Waals surface area contributed by atoms with Crippen LogP contribution in [0.2, 0.25) is 0 Å². The maximum absolute atomic E-state index is 11.5. The molecule has 0 amide bonds. The van der Waals surface area contributed by atoms with Crippen molar-refractivity contribution in [2.24, 2.45) is 0 Å². The molecule has 0 aromatic heterocycles. The van der Waals surface area contributed by atoms with Crippen LogP contribution in [0.5, 0.6) is 0 Å². The zero-order chi connectivity index (χ0) is 9.90. The molecule has 0 aliphatic heterocycles. The second kappa shape index (κ2) is 4.57. The summed E-state index contributed by atoms with van der Waals surface area (Å²) < 4.78 is 26.0. The summed E-state index contributed by atoms with van der Waals surface area (Å²) in [6, 6.07) is 6.95. The van der Waals surface area contributed by atoms with E-state index >= 15 is 0 Å². The Balaban J connectivity index is 3.29. The Bertz CT molecular complexity index is 393. The molecule has 0 heterocycles. The number of hydrogen-bond donors (Lipinski definition) is 1. The summed E-state index contributed by atoms with van der Waals surface area (Å²) >= 11 is 3.31. The van der Waals surface area contributed by atoms with Gasteiger partial charge in [0.1, 0.15) is 0 Å². The molecule has 0 aliphatic carbocycles. The third-order valence-corrected chi connectivity index (χ3v) is 6.16. The van der Waals surface area contributed by atoms with Gasteiger partial charge in [-0.2, -0.15) is 0 Å². The molecular formula is C7H8BrNO2SSe. The molecule has 3 nitrogen and oxygen atoms in total. The fraction of sp³-hybridized carbons (Fsp3) is 0.143. The number of rotatable bonds is 3. The molecule has 0 atom stereocenters. The van der Waals surface area contributed by atoms with Crippen molar-refractivity contribution >= 4 is 41.7 Å². The third-order valence-electron chi connectivity index (χ3n) is 1.49. The van der Waals surface area contributed by atoms with Crippen LogP contribution in [0.15, 0.2) is 29.2 Å². The van der Waals surface area contributed by atoms with Crippen molar-refractivity contribution in [1.82, 2.24) is 4.72 Å². The summed E-state index contributed by atoms with van der Waals surface area (Å²) in [5, 5.41) is 0. The molecule has 0 spiro atoms. The van der Waals surface area contributed by atoms with Gasteiger partial charge in [0.15, 0.2) is 0 Å². The van der Waals surface area contributed by atoms with Crippen LogP contribution >= 0.6 is 14.1 Å². The molecule has 0 unspecified atom stereocenters. The van der Waals surface area contributed by atoms with Crippen LogP contribution in [0.3, 0.4) is 0 Å². The first kappa shape index (κ1) is 11.2. The standard InChI is InChI=1S/C7H8BrNO2SSe/c1-9-12(10,11)6-4-2-3-5-7(6)13-8/h2-5,9H,1H3. The van der Waals surface area contributed by atoms with E-state index in [1.54, 1.807) is 18.2 Å². The number of halogens is 1. The summed E-state index contributed by atoms with van der Waals surface area (Å²) in [5.74, 6) is 0. The quantitative estimate of drug-likeness (QED) is 0.808. The zero-order valence-corrected chi connectivity index (χ0v) is 10.9. The molecular weight excluding hydrogens is 321 g/mol. The average molecular weight is 329 g/mol. The van der Waals surface area contributed by atoms with Gasteiger partial charge in [-0.3, -0.25) is 0 Å². The Hall–Kier alpha value is 0.129. The van der Waals surface area contributed by atoms with Gasteiger partial charge in [-0.15, -0.1) is 0 Å². The second-order valence-electron chi connectivity index (χ2n) is 2.23. The van der Waals surface area contributed by atoms with Gasteiger partial charge in [-0.05, 0) is 0 Å². The number of benzene rings is 1. The Kier molecular flexibility index (Phi) is 3.94. The van der Waals surface area contributed by atoms with Gasteiger partial charge in [0.05, 0.1) is 0 Å². The molecule has 0 radical (unpaired) electrons. The normalized spacial score (nSPS) is 11.5. The summed E-state index contributed by atoms with van der Waals surface area (Å²) in [7, 11) is -1.90. The molecule has 13 heavy (non-hydrogen) atoms. The third kappa shape index (κ3) is 2.54. The van der Waals surface area contributed by atoms with E-state index < -0.39 is 10.0 Å². The Morgan fingerprint density at radius 2 is 2.00 bits per heavy atom. The predicted molar refractivity (Wildman–Crippen MR) is 57.0 cm³/mol. The van der Waals surface area contributed by atoms with Crippen molar-refractivity contribution in [3.8, 4) is 0 Å². The van der Waals surface area contributed by atoms with Gasteiger partial charge < -0.3 is 0 Å². The monoisotopic (exact) mass is 329 g/mol. The zero-order valence-electron chi connectivity index (χ0n) is 6.82. The van der Waals surface area contributed by atoms with Crippen molar-refractivity contribution in [2.75, 3.05) is 7.05 Å². The minimum atomic E-state index is -3.31. The van der Waals surface area contributed by atoms with Gasteiger partial charge >= 0.3 is 91.1 Å². The van der Waals surface area contributed by atoms with Crippen molar-refractivity contribution in [2.45, 2.75) is 4.90 Å². The Morgan fingerprint density at radius 3 is 2.54 bits per heavy atom. The van der Waals surface area contributed by atoms with Crippen molar-refractivity contribution < 1.29 is 8.42 Å². The van der Waals surface area contributed by atoms with E-state index in [4.69, 9.17) is 0 Å².